The second kappa shape index (κ2) is 11.4. The maximum Gasteiger partial charge on any atom is 0.245 e. The number of nitrogens with one attached hydrogen (secondary N) is 2. The van der Waals surface area contributed by atoms with E-state index < -0.39 is 0 Å². The average Bonchev–Trinajstić information content (AvgIpc) is 2.30. The van der Waals surface area contributed by atoms with Crippen molar-refractivity contribution in [3.8, 4) is 0 Å². The van der Waals surface area contributed by atoms with Crippen LogP contribution in [0.5, 0.6) is 0 Å². The van der Waals surface area contributed by atoms with E-state index in [9.17, 15) is 14.4 Å². The van der Waals surface area contributed by atoms with Crippen LogP contribution in [0.3, 0.4) is 0 Å². The van der Waals surface area contributed by atoms with Crippen LogP contribution < -0.4 is 10.6 Å². The number of carbonyl (C=O) groups is 3. The summed E-state index contributed by atoms with van der Waals surface area (Å²) in [4.78, 5) is 33.0. The quantitative estimate of drug-likeness (QED) is 0.331. The number of carbonyl (C=O) groups excluding carboxylic acids is 3. The zero-order valence-corrected chi connectivity index (χ0v) is 12.6. The lowest BCUT2D eigenvalue weighted by atomic mass is 10.2. The highest BCUT2D eigenvalue weighted by molar-refractivity contribution is 14.1. The first kappa shape index (κ1) is 17.3. The number of hydrogen-bond donors (Lipinski definition) is 2. The number of methoxy groups -OCH3 is 1. The molecule has 0 spiro atoms. The van der Waals surface area contributed by atoms with E-state index in [1.807, 2.05) is 0 Å². The molecule has 0 aliphatic carbocycles. The molecule has 0 saturated carbocycles. The molecular weight excluding hydrogens is 351 g/mol. The largest absolute Gasteiger partial charge is 0.375 e. The first-order chi connectivity index (χ1) is 8.56. The highest BCUT2D eigenvalue weighted by atomic mass is 127. The zero-order valence-electron chi connectivity index (χ0n) is 10.5. The fourth-order valence-corrected chi connectivity index (χ4v) is 1.58. The van der Waals surface area contributed by atoms with Gasteiger partial charge in [-0.3, -0.25) is 14.4 Å². The van der Waals surface area contributed by atoms with E-state index in [-0.39, 0.29) is 22.2 Å². The van der Waals surface area contributed by atoms with Gasteiger partial charge in [0.1, 0.15) is 6.61 Å². The molecule has 104 valence electrons. The van der Waals surface area contributed by atoms with Crippen LogP contribution in [0.15, 0.2) is 0 Å². The minimum atomic E-state index is -0.182. The Balaban J connectivity index is 3.37. The standard InChI is InChI=1S/C11H19IN2O4/c1-18-8-11(17)14-7-3-5-10(16)13-6-2-4-9(12)15/h2-8H2,1H3,(H,13,16)(H,14,17). The molecule has 0 aliphatic rings. The summed E-state index contributed by atoms with van der Waals surface area (Å²) in [5.41, 5.74) is 0. The van der Waals surface area contributed by atoms with Gasteiger partial charge in [-0.25, -0.2) is 0 Å². The normalized spacial score (nSPS) is 9.89. The van der Waals surface area contributed by atoms with Gasteiger partial charge < -0.3 is 15.4 Å². The van der Waals surface area contributed by atoms with Crippen molar-refractivity contribution in [3.05, 3.63) is 0 Å². The molecule has 0 fully saturated rings. The summed E-state index contributed by atoms with van der Waals surface area (Å²) in [6.07, 6.45) is 2.10. The van der Waals surface area contributed by atoms with Crippen molar-refractivity contribution in [3.63, 3.8) is 0 Å². The van der Waals surface area contributed by atoms with E-state index in [0.29, 0.717) is 38.8 Å². The Labute approximate surface area is 120 Å². The van der Waals surface area contributed by atoms with Gasteiger partial charge in [0.2, 0.25) is 11.8 Å². The van der Waals surface area contributed by atoms with Gasteiger partial charge in [0.15, 0.2) is 3.79 Å². The summed E-state index contributed by atoms with van der Waals surface area (Å²) in [7, 11) is 1.45. The van der Waals surface area contributed by atoms with E-state index in [1.165, 1.54) is 7.11 Å². The molecule has 0 radical (unpaired) electrons. The highest BCUT2D eigenvalue weighted by Gasteiger charge is 2.03. The van der Waals surface area contributed by atoms with E-state index in [2.05, 4.69) is 15.4 Å². The molecule has 18 heavy (non-hydrogen) atoms. The molecule has 0 aromatic rings. The Bertz CT molecular complexity index is 284. The van der Waals surface area contributed by atoms with E-state index in [0.717, 1.165) is 0 Å². The van der Waals surface area contributed by atoms with Crippen molar-refractivity contribution in [2.75, 3.05) is 26.8 Å². The van der Waals surface area contributed by atoms with Crippen LogP contribution >= 0.6 is 22.6 Å². The molecule has 0 saturated heterocycles. The van der Waals surface area contributed by atoms with Gasteiger partial charge in [-0.15, -0.1) is 0 Å². The number of hydrogen-bond acceptors (Lipinski definition) is 4. The molecule has 0 bridgehead atoms. The Morgan fingerprint density at radius 2 is 1.56 bits per heavy atom. The number of amides is 2. The van der Waals surface area contributed by atoms with Crippen LogP contribution in [0.1, 0.15) is 25.7 Å². The molecule has 0 aromatic heterocycles. The monoisotopic (exact) mass is 370 g/mol. The third-order valence-electron chi connectivity index (χ3n) is 2.05. The third kappa shape index (κ3) is 11.8. The van der Waals surface area contributed by atoms with Crippen molar-refractivity contribution in [1.82, 2.24) is 10.6 Å². The lowest BCUT2D eigenvalue weighted by Gasteiger charge is -2.05. The predicted octanol–water partition coefficient (Wildman–Crippen LogP) is 0.387. The molecule has 0 aliphatic heterocycles. The van der Waals surface area contributed by atoms with Gasteiger partial charge in [0, 0.05) is 33.0 Å². The molecule has 6 nitrogen and oxygen atoms in total. The maximum atomic E-state index is 11.3. The Morgan fingerprint density at radius 1 is 1.00 bits per heavy atom. The van der Waals surface area contributed by atoms with Crippen molar-refractivity contribution < 1.29 is 19.1 Å². The van der Waals surface area contributed by atoms with Crippen LogP contribution in [-0.4, -0.2) is 42.4 Å². The van der Waals surface area contributed by atoms with Crippen molar-refractivity contribution in [2.24, 2.45) is 0 Å². The summed E-state index contributed by atoms with van der Waals surface area (Å²) in [5.74, 6) is -0.240. The number of halogens is 1. The van der Waals surface area contributed by atoms with Crippen LogP contribution in [0.25, 0.3) is 0 Å². The van der Waals surface area contributed by atoms with Crippen LogP contribution in [0, 0.1) is 0 Å². The Morgan fingerprint density at radius 3 is 2.11 bits per heavy atom. The first-order valence-electron chi connectivity index (χ1n) is 5.77. The van der Waals surface area contributed by atoms with Crippen molar-refractivity contribution in [1.29, 1.82) is 0 Å². The SMILES string of the molecule is COCC(=O)NCCCC(=O)NCCCC(=O)I. The second-order valence-corrected chi connectivity index (χ2v) is 4.90. The fourth-order valence-electron chi connectivity index (χ4n) is 1.20. The third-order valence-corrected chi connectivity index (χ3v) is 2.59. The van der Waals surface area contributed by atoms with Crippen LogP contribution in [-0.2, 0) is 19.1 Å². The lowest BCUT2D eigenvalue weighted by Crippen LogP contribution is -2.30. The molecule has 2 amide bonds. The van der Waals surface area contributed by atoms with Gasteiger partial charge in [0.05, 0.1) is 0 Å². The number of rotatable bonds is 10. The Hall–Kier alpha value is -0.700. The lowest BCUT2D eigenvalue weighted by molar-refractivity contribution is -0.125. The van der Waals surface area contributed by atoms with E-state index >= 15 is 0 Å². The summed E-state index contributed by atoms with van der Waals surface area (Å²) in [5, 5.41) is 5.35. The smallest absolute Gasteiger partial charge is 0.245 e. The minimum Gasteiger partial charge on any atom is -0.375 e. The number of ether oxygens (including phenoxy) is 1. The van der Waals surface area contributed by atoms with Gasteiger partial charge in [-0.2, -0.15) is 0 Å². The average molecular weight is 370 g/mol. The molecule has 0 rings (SSSR count). The predicted molar refractivity (Wildman–Crippen MR) is 75.4 cm³/mol. The summed E-state index contributed by atoms with van der Waals surface area (Å²) in [6, 6.07) is 0. The summed E-state index contributed by atoms with van der Waals surface area (Å²) < 4.78 is 4.75. The molecule has 0 unspecified atom stereocenters. The van der Waals surface area contributed by atoms with Gasteiger partial charge in [-0.1, -0.05) is 0 Å². The van der Waals surface area contributed by atoms with E-state index in [1.54, 1.807) is 22.6 Å². The van der Waals surface area contributed by atoms with Crippen molar-refractivity contribution >= 4 is 38.2 Å². The zero-order chi connectivity index (χ0) is 13.8. The first-order valence-corrected chi connectivity index (χ1v) is 6.84. The highest BCUT2D eigenvalue weighted by Crippen LogP contribution is 1.96. The van der Waals surface area contributed by atoms with Gasteiger partial charge >= 0.3 is 0 Å². The van der Waals surface area contributed by atoms with Gasteiger partial charge in [-0.05, 0) is 35.4 Å². The minimum absolute atomic E-state index is 0.0382. The fraction of sp³-hybridized carbons (Fsp3) is 0.727. The van der Waals surface area contributed by atoms with Gasteiger partial charge in [0.25, 0.3) is 0 Å². The summed E-state index contributed by atoms with van der Waals surface area (Å²) in [6.45, 7) is 1.02. The Kier molecular flexibility index (Phi) is 11.0. The molecule has 7 heteroatoms. The van der Waals surface area contributed by atoms with Crippen LogP contribution in [0.4, 0.5) is 0 Å². The van der Waals surface area contributed by atoms with Crippen LogP contribution in [0.2, 0.25) is 0 Å². The molecule has 2 N–H and O–H groups in total. The van der Waals surface area contributed by atoms with Crippen molar-refractivity contribution in [2.45, 2.75) is 25.7 Å². The van der Waals surface area contributed by atoms with E-state index in [4.69, 9.17) is 0 Å². The second-order valence-electron chi connectivity index (χ2n) is 3.70. The molecule has 0 heterocycles. The summed E-state index contributed by atoms with van der Waals surface area (Å²) >= 11 is 1.74. The maximum absolute atomic E-state index is 11.3. The molecule has 0 atom stereocenters. The molecular formula is C11H19IN2O4. The topological polar surface area (TPSA) is 84.5 Å². The molecule has 0 aromatic carbocycles.